The highest BCUT2D eigenvalue weighted by molar-refractivity contribution is 6.31. The first-order valence-corrected chi connectivity index (χ1v) is 7.60. The van der Waals surface area contributed by atoms with E-state index in [1.54, 1.807) is 7.11 Å². The lowest BCUT2D eigenvalue weighted by atomic mass is 9.96. The van der Waals surface area contributed by atoms with Gasteiger partial charge < -0.3 is 4.74 Å². The van der Waals surface area contributed by atoms with Gasteiger partial charge in [0, 0.05) is 20.1 Å². The van der Waals surface area contributed by atoms with Gasteiger partial charge in [0.2, 0.25) is 0 Å². The molecule has 0 aliphatic rings. The van der Waals surface area contributed by atoms with Crippen molar-refractivity contribution < 1.29 is 4.74 Å². The molecule has 20 heavy (non-hydrogen) atoms. The van der Waals surface area contributed by atoms with Crippen molar-refractivity contribution in [1.29, 1.82) is 0 Å². The maximum Gasteiger partial charge on any atom is 0.0850 e. The number of hydrogen-bond donors (Lipinski definition) is 2. The Morgan fingerprint density at radius 1 is 1.40 bits per heavy atom. The van der Waals surface area contributed by atoms with Gasteiger partial charge in [0.05, 0.1) is 28.6 Å². The molecule has 0 fully saturated rings. The number of nitrogens with two attached hydrogens (primary N) is 1. The minimum Gasteiger partial charge on any atom is -0.380 e. The number of halogens is 1. The lowest BCUT2D eigenvalue weighted by molar-refractivity contribution is 0.0327. The summed E-state index contributed by atoms with van der Waals surface area (Å²) in [4.78, 5) is 0. The summed E-state index contributed by atoms with van der Waals surface area (Å²) >= 11 is 6.44. The number of nitrogens with one attached hydrogen (secondary N) is 1. The summed E-state index contributed by atoms with van der Waals surface area (Å²) < 4.78 is 7.53. The van der Waals surface area contributed by atoms with Crippen LogP contribution in [0.3, 0.4) is 0 Å². The summed E-state index contributed by atoms with van der Waals surface area (Å²) in [5.41, 5.74) is 4.83. The van der Waals surface area contributed by atoms with Crippen LogP contribution in [0.5, 0.6) is 0 Å². The molecular formula is C14H27ClN4O. The van der Waals surface area contributed by atoms with Gasteiger partial charge in [-0.25, -0.2) is 0 Å². The number of aromatic nitrogens is 2. The van der Waals surface area contributed by atoms with Gasteiger partial charge in [-0.2, -0.15) is 5.10 Å². The average molecular weight is 303 g/mol. The molecule has 0 saturated heterocycles. The second-order valence-corrected chi connectivity index (χ2v) is 5.68. The minimum absolute atomic E-state index is 0.00389. The topological polar surface area (TPSA) is 65.1 Å². The molecule has 2 atom stereocenters. The Bertz CT molecular complexity index is 420. The number of hydrazine groups is 1. The SMILES string of the molecule is CCc1nn(CC)c(CC(NN)C(OC)C(C)C)c1Cl. The molecule has 0 saturated carbocycles. The molecule has 3 N–H and O–H groups in total. The van der Waals surface area contributed by atoms with Crippen LogP contribution in [0.2, 0.25) is 5.02 Å². The van der Waals surface area contributed by atoms with Crippen molar-refractivity contribution in [3.63, 3.8) is 0 Å². The molecule has 6 heteroatoms. The van der Waals surface area contributed by atoms with Gasteiger partial charge in [0.1, 0.15) is 0 Å². The Balaban J connectivity index is 3.03. The van der Waals surface area contributed by atoms with Crippen molar-refractivity contribution in [1.82, 2.24) is 15.2 Å². The third-order valence-electron chi connectivity index (χ3n) is 3.65. The molecular weight excluding hydrogens is 276 g/mol. The van der Waals surface area contributed by atoms with Crippen LogP contribution in [0.15, 0.2) is 0 Å². The van der Waals surface area contributed by atoms with Gasteiger partial charge in [-0.15, -0.1) is 0 Å². The highest BCUT2D eigenvalue weighted by Crippen LogP contribution is 2.24. The molecule has 0 bridgehead atoms. The van der Waals surface area contributed by atoms with E-state index in [0.717, 1.165) is 29.4 Å². The lowest BCUT2D eigenvalue weighted by Gasteiger charge is -2.28. The van der Waals surface area contributed by atoms with Crippen molar-refractivity contribution in [3.8, 4) is 0 Å². The maximum absolute atomic E-state index is 6.44. The molecule has 1 rings (SSSR count). The van der Waals surface area contributed by atoms with Crippen LogP contribution in [0.25, 0.3) is 0 Å². The van der Waals surface area contributed by atoms with Gasteiger partial charge in [-0.05, 0) is 19.3 Å². The van der Waals surface area contributed by atoms with Crippen LogP contribution < -0.4 is 11.3 Å². The summed E-state index contributed by atoms with van der Waals surface area (Å²) in [5, 5.41) is 5.30. The number of rotatable bonds is 8. The van der Waals surface area contributed by atoms with Crippen LogP contribution in [0, 0.1) is 5.92 Å². The molecule has 0 amide bonds. The van der Waals surface area contributed by atoms with Gasteiger partial charge in [0.15, 0.2) is 0 Å². The van der Waals surface area contributed by atoms with E-state index in [1.165, 1.54) is 0 Å². The molecule has 5 nitrogen and oxygen atoms in total. The highest BCUT2D eigenvalue weighted by Gasteiger charge is 2.26. The zero-order valence-electron chi connectivity index (χ0n) is 13.1. The van der Waals surface area contributed by atoms with E-state index in [-0.39, 0.29) is 12.1 Å². The third kappa shape index (κ3) is 3.73. The van der Waals surface area contributed by atoms with E-state index < -0.39 is 0 Å². The molecule has 1 aromatic heterocycles. The van der Waals surface area contributed by atoms with Gasteiger partial charge in [-0.3, -0.25) is 16.0 Å². The van der Waals surface area contributed by atoms with E-state index in [4.69, 9.17) is 22.2 Å². The largest absolute Gasteiger partial charge is 0.380 e. The lowest BCUT2D eigenvalue weighted by Crippen LogP contribution is -2.48. The average Bonchev–Trinajstić information content (AvgIpc) is 2.74. The Morgan fingerprint density at radius 2 is 2.05 bits per heavy atom. The van der Waals surface area contributed by atoms with Crippen LogP contribution in [0.4, 0.5) is 0 Å². The second-order valence-electron chi connectivity index (χ2n) is 5.30. The van der Waals surface area contributed by atoms with Crippen molar-refractivity contribution in [2.75, 3.05) is 7.11 Å². The van der Waals surface area contributed by atoms with E-state index in [2.05, 4.69) is 38.2 Å². The van der Waals surface area contributed by atoms with Crippen molar-refractivity contribution in [2.45, 2.75) is 59.2 Å². The Hall–Kier alpha value is -0.620. The van der Waals surface area contributed by atoms with Crippen LogP contribution in [0.1, 0.15) is 39.1 Å². The molecule has 0 aromatic carbocycles. The predicted molar refractivity (Wildman–Crippen MR) is 82.7 cm³/mol. The molecule has 1 aromatic rings. The number of ether oxygens (including phenoxy) is 1. The van der Waals surface area contributed by atoms with Gasteiger partial charge >= 0.3 is 0 Å². The first-order chi connectivity index (χ1) is 9.49. The van der Waals surface area contributed by atoms with Crippen LogP contribution >= 0.6 is 11.6 Å². The fourth-order valence-electron chi connectivity index (χ4n) is 2.59. The molecule has 1 heterocycles. The monoisotopic (exact) mass is 302 g/mol. The summed E-state index contributed by atoms with van der Waals surface area (Å²) in [5.74, 6) is 6.08. The number of nitrogens with zero attached hydrogens (tertiary/aromatic N) is 2. The first kappa shape index (κ1) is 17.4. The summed E-state index contributed by atoms with van der Waals surface area (Å²) in [6.45, 7) is 9.16. The number of hydrogen-bond acceptors (Lipinski definition) is 4. The zero-order chi connectivity index (χ0) is 15.3. The van der Waals surface area contributed by atoms with Crippen molar-refractivity contribution in [2.24, 2.45) is 11.8 Å². The minimum atomic E-state index is 0.00389. The van der Waals surface area contributed by atoms with Crippen molar-refractivity contribution >= 4 is 11.6 Å². The molecule has 0 radical (unpaired) electrons. The third-order valence-corrected chi connectivity index (χ3v) is 4.08. The highest BCUT2D eigenvalue weighted by atomic mass is 35.5. The Morgan fingerprint density at radius 3 is 2.45 bits per heavy atom. The van der Waals surface area contributed by atoms with E-state index in [9.17, 15) is 0 Å². The van der Waals surface area contributed by atoms with Crippen LogP contribution in [-0.4, -0.2) is 29.0 Å². The second kappa shape index (κ2) is 7.98. The molecule has 116 valence electrons. The molecule has 0 aliphatic heterocycles. The summed E-state index contributed by atoms with van der Waals surface area (Å²) in [6, 6.07) is 0.00389. The normalized spacial score (nSPS) is 14.8. The summed E-state index contributed by atoms with van der Waals surface area (Å²) in [7, 11) is 1.71. The molecule has 2 unspecified atom stereocenters. The van der Waals surface area contributed by atoms with Gasteiger partial charge in [-0.1, -0.05) is 32.4 Å². The Labute approximate surface area is 126 Å². The fraction of sp³-hybridized carbons (Fsp3) is 0.786. The quantitative estimate of drug-likeness (QED) is 0.570. The molecule has 0 aliphatic carbocycles. The Kier molecular flexibility index (Phi) is 6.95. The van der Waals surface area contributed by atoms with Crippen LogP contribution in [-0.2, 0) is 24.1 Å². The first-order valence-electron chi connectivity index (χ1n) is 7.22. The zero-order valence-corrected chi connectivity index (χ0v) is 13.9. The number of methoxy groups -OCH3 is 1. The molecule has 0 spiro atoms. The summed E-state index contributed by atoms with van der Waals surface area (Å²) in [6.07, 6.45) is 1.56. The van der Waals surface area contributed by atoms with Crippen molar-refractivity contribution in [3.05, 3.63) is 16.4 Å². The number of aryl methyl sites for hydroxylation is 2. The fourth-order valence-corrected chi connectivity index (χ4v) is 2.94. The van der Waals surface area contributed by atoms with E-state index >= 15 is 0 Å². The maximum atomic E-state index is 6.44. The van der Waals surface area contributed by atoms with E-state index in [1.807, 2.05) is 4.68 Å². The predicted octanol–water partition coefficient (Wildman–Crippen LogP) is 2.16. The van der Waals surface area contributed by atoms with E-state index in [0.29, 0.717) is 12.3 Å². The smallest absolute Gasteiger partial charge is 0.0850 e. The van der Waals surface area contributed by atoms with Gasteiger partial charge in [0.25, 0.3) is 0 Å². The standard InChI is InChI=1S/C14H27ClN4O/c1-6-10-13(15)12(19(7-2)18-10)8-11(17-16)14(20-5)9(3)4/h9,11,14,17H,6-8,16H2,1-5H3.